The lowest BCUT2D eigenvalue weighted by molar-refractivity contribution is -0.121. The molecule has 0 radical (unpaired) electrons. The van der Waals surface area contributed by atoms with Crippen molar-refractivity contribution in [3.8, 4) is 11.5 Å². The van der Waals surface area contributed by atoms with E-state index < -0.39 is 0 Å². The van der Waals surface area contributed by atoms with Crippen molar-refractivity contribution in [2.75, 3.05) is 53.5 Å². The molecule has 0 atom stereocenters. The summed E-state index contributed by atoms with van der Waals surface area (Å²) in [5.41, 5.74) is 1.14. The summed E-state index contributed by atoms with van der Waals surface area (Å²) < 4.78 is 10.6. The molecule has 0 saturated carbocycles. The van der Waals surface area contributed by atoms with E-state index in [-0.39, 0.29) is 11.4 Å². The van der Waals surface area contributed by atoms with Gasteiger partial charge in [0.2, 0.25) is 5.91 Å². The first kappa shape index (κ1) is 22.5. The molecule has 1 saturated heterocycles. The molecule has 1 amide bonds. The molecule has 1 aliphatic heterocycles. The van der Waals surface area contributed by atoms with Crippen LogP contribution in [0.2, 0.25) is 0 Å². The van der Waals surface area contributed by atoms with Crippen LogP contribution in [-0.4, -0.2) is 74.7 Å². The molecule has 0 aromatic heterocycles. The van der Waals surface area contributed by atoms with Gasteiger partial charge < -0.3 is 19.7 Å². The first-order chi connectivity index (χ1) is 13.4. The smallest absolute Gasteiger partial charge is 0.220 e. The zero-order valence-electron chi connectivity index (χ0n) is 18.2. The first-order valence-corrected chi connectivity index (χ1v) is 10.3. The van der Waals surface area contributed by atoms with E-state index in [4.69, 9.17) is 9.47 Å². The van der Waals surface area contributed by atoms with Gasteiger partial charge in [-0.15, -0.1) is 0 Å². The molecule has 1 N–H and O–H groups in total. The fourth-order valence-corrected chi connectivity index (χ4v) is 3.67. The number of nitrogens with zero attached hydrogens (tertiary/aromatic N) is 2. The minimum atomic E-state index is -0.0150. The van der Waals surface area contributed by atoms with E-state index in [9.17, 15) is 4.79 Å². The van der Waals surface area contributed by atoms with Crippen molar-refractivity contribution in [2.45, 2.75) is 45.6 Å². The fourth-order valence-electron chi connectivity index (χ4n) is 3.67. The summed E-state index contributed by atoms with van der Waals surface area (Å²) in [7, 11) is 3.27. The number of piperazine rings is 1. The second-order valence-electron chi connectivity index (χ2n) is 8.05. The molecule has 1 heterocycles. The molecule has 158 valence electrons. The van der Waals surface area contributed by atoms with Crippen molar-refractivity contribution in [1.82, 2.24) is 15.1 Å². The molecule has 0 bridgehead atoms. The summed E-state index contributed by atoms with van der Waals surface area (Å²) in [5, 5.41) is 3.13. The highest BCUT2D eigenvalue weighted by Crippen LogP contribution is 2.28. The van der Waals surface area contributed by atoms with E-state index in [0.29, 0.717) is 13.0 Å². The second-order valence-corrected chi connectivity index (χ2v) is 8.05. The van der Waals surface area contributed by atoms with Crippen LogP contribution >= 0.6 is 0 Å². The Morgan fingerprint density at radius 2 is 1.79 bits per heavy atom. The molecule has 2 rings (SSSR count). The normalized spacial score (nSPS) is 16.0. The van der Waals surface area contributed by atoms with E-state index in [1.165, 1.54) is 0 Å². The Bertz CT molecular complexity index is 625. The van der Waals surface area contributed by atoms with Crippen LogP contribution in [0.3, 0.4) is 0 Å². The monoisotopic (exact) mass is 391 g/mol. The Labute approximate surface area is 170 Å². The van der Waals surface area contributed by atoms with Crippen molar-refractivity contribution >= 4 is 5.91 Å². The highest BCUT2D eigenvalue weighted by Gasteiger charge is 2.29. The van der Waals surface area contributed by atoms with Gasteiger partial charge in [-0.25, -0.2) is 0 Å². The Balaban J connectivity index is 1.72. The van der Waals surface area contributed by atoms with Crippen LogP contribution in [-0.2, 0) is 11.2 Å². The van der Waals surface area contributed by atoms with Gasteiger partial charge in [0.25, 0.3) is 0 Å². The van der Waals surface area contributed by atoms with E-state index in [2.05, 4.69) is 35.9 Å². The number of rotatable bonds is 10. The van der Waals surface area contributed by atoms with Gasteiger partial charge >= 0.3 is 0 Å². The average Bonchev–Trinajstić information content (AvgIpc) is 2.72. The highest BCUT2D eigenvalue weighted by atomic mass is 16.5. The van der Waals surface area contributed by atoms with Crippen LogP contribution in [0.15, 0.2) is 18.2 Å². The van der Waals surface area contributed by atoms with Gasteiger partial charge in [-0.1, -0.05) is 13.0 Å². The van der Waals surface area contributed by atoms with Crippen LogP contribution in [0.5, 0.6) is 11.5 Å². The number of aryl methyl sites for hydroxylation is 1. The third kappa shape index (κ3) is 6.38. The van der Waals surface area contributed by atoms with Crippen molar-refractivity contribution in [2.24, 2.45) is 0 Å². The molecule has 0 spiro atoms. The number of amides is 1. The van der Waals surface area contributed by atoms with E-state index in [1.54, 1.807) is 14.2 Å². The third-order valence-corrected chi connectivity index (χ3v) is 5.71. The molecule has 1 aromatic carbocycles. The lowest BCUT2D eigenvalue weighted by Gasteiger charge is -2.44. The largest absolute Gasteiger partial charge is 0.493 e. The molecule has 1 fully saturated rings. The van der Waals surface area contributed by atoms with Gasteiger partial charge in [0.15, 0.2) is 11.5 Å². The quantitative estimate of drug-likeness (QED) is 0.664. The number of methoxy groups -OCH3 is 2. The van der Waals surface area contributed by atoms with Crippen LogP contribution in [0.25, 0.3) is 0 Å². The SMILES string of the molecule is CCN1CCN(C(C)(C)CNC(=O)CCCc2ccc(OC)c(OC)c2)CC1. The average molecular weight is 392 g/mol. The fraction of sp³-hybridized carbons (Fsp3) is 0.682. The minimum absolute atomic E-state index is 0.0150. The summed E-state index contributed by atoms with van der Waals surface area (Å²) in [6, 6.07) is 5.92. The Hall–Kier alpha value is -1.79. The molecule has 0 unspecified atom stereocenters. The van der Waals surface area contributed by atoms with Gasteiger partial charge in [0.1, 0.15) is 0 Å². The number of nitrogens with one attached hydrogen (secondary N) is 1. The summed E-state index contributed by atoms with van der Waals surface area (Å²) in [6.07, 6.45) is 2.20. The summed E-state index contributed by atoms with van der Waals surface area (Å²) in [5.74, 6) is 1.58. The predicted molar refractivity (Wildman–Crippen MR) is 113 cm³/mol. The van der Waals surface area contributed by atoms with Gasteiger partial charge in [-0.3, -0.25) is 9.69 Å². The summed E-state index contributed by atoms with van der Waals surface area (Å²) >= 11 is 0. The van der Waals surface area contributed by atoms with Crippen molar-refractivity contribution < 1.29 is 14.3 Å². The zero-order valence-corrected chi connectivity index (χ0v) is 18.2. The zero-order chi connectivity index (χ0) is 20.6. The van der Waals surface area contributed by atoms with Crippen molar-refractivity contribution in [3.63, 3.8) is 0 Å². The molecular weight excluding hydrogens is 354 g/mol. The highest BCUT2D eigenvalue weighted by molar-refractivity contribution is 5.75. The second kappa shape index (κ2) is 10.7. The molecule has 28 heavy (non-hydrogen) atoms. The maximum absolute atomic E-state index is 12.3. The third-order valence-electron chi connectivity index (χ3n) is 5.71. The van der Waals surface area contributed by atoms with Gasteiger partial charge in [-0.2, -0.15) is 0 Å². The van der Waals surface area contributed by atoms with E-state index >= 15 is 0 Å². The molecule has 0 aliphatic carbocycles. The number of hydrogen-bond donors (Lipinski definition) is 1. The molecule has 6 heteroatoms. The Morgan fingerprint density at radius 3 is 2.39 bits per heavy atom. The van der Waals surface area contributed by atoms with Gasteiger partial charge in [0, 0.05) is 44.7 Å². The van der Waals surface area contributed by atoms with Crippen LogP contribution < -0.4 is 14.8 Å². The molecule has 6 nitrogen and oxygen atoms in total. The topological polar surface area (TPSA) is 54.0 Å². The van der Waals surface area contributed by atoms with E-state index in [0.717, 1.165) is 62.6 Å². The first-order valence-electron chi connectivity index (χ1n) is 10.3. The number of benzene rings is 1. The maximum Gasteiger partial charge on any atom is 0.220 e. The minimum Gasteiger partial charge on any atom is -0.493 e. The molecule has 1 aliphatic rings. The van der Waals surface area contributed by atoms with Gasteiger partial charge in [-0.05, 0) is 50.9 Å². The van der Waals surface area contributed by atoms with Crippen LogP contribution in [0.1, 0.15) is 39.2 Å². The van der Waals surface area contributed by atoms with Crippen molar-refractivity contribution in [3.05, 3.63) is 23.8 Å². The summed E-state index contributed by atoms with van der Waals surface area (Å²) in [4.78, 5) is 17.3. The van der Waals surface area contributed by atoms with Crippen LogP contribution in [0, 0.1) is 0 Å². The summed E-state index contributed by atoms with van der Waals surface area (Å²) in [6.45, 7) is 12.8. The number of ether oxygens (including phenoxy) is 2. The van der Waals surface area contributed by atoms with E-state index in [1.807, 2.05) is 18.2 Å². The molecular formula is C22H37N3O3. The lowest BCUT2D eigenvalue weighted by Crippen LogP contribution is -2.58. The maximum atomic E-state index is 12.3. The lowest BCUT2D eigenvalue weighted by atomic mass is 10.0. The van der Waals surface area contributed by atoms with Crippen molar-refractivity contribution in [1.29, 1.82) is 0 Å². The predicted octanol–water partition coefficient (Wildman–Crippen LogP) is 2.56. The number of carbonyl (C=O) groups is 1. The van der Waals surface area contributed by atoms with Gasteiger partial charge in [0.05, 0.1) is 14.2 Å². The Kier molecular flexibility index (Phi) is 8.58. The Morgan fingerprint density at radius 1 is 1.11 bits per heavy atom. The number of hydrogen-bond acceptors (Lipinski definition) is 5. The van der Waals surface area contributed by atoms with Crippen LogP contribution in [0.4, 0.5) is 0 Å². The number of likely N-dealkylation sites (N-methyl/N-ethyl adjacent to an activating group) is 1. The standard InChI is InChI=1S/C22H37N3O3/c1-6-24-12-14-25(15-13-24)22(2,3)17-23-21(26)9-7-8-18-10-11-19(27-4)20(16-18)28-5/h10-11,16H,6-9,12-15,17H2,1-5H3,(H,23,26). The number of carbonyl (C=O) groups excluding carboxylic acids is 1. The molecule has 1 aromatic rings.